The van der Waals surface area contributed by atoms with Gasteiger partial charge in [-0.25, -0.2) is 0 Å². The molecule has 1 N–H and O–H groups in total. The van der Waals surface area contributed by atoms with E-state index in [2.05, 4.69) is 15.5 Å². The van der Waals surface area contributed by atoms with E-state index in [0.717, 1.165) is 5.69 Å². The van der Waals surface area contributed by atoms with Crippen LogP contribution in [0.15, 0.2) is 55.1 Å². The summed E-state index contributed by atoms with van der Waals surface area (Å²) in [5, 5.41) is 10.4. The van der Waals surface area contributed by atoms with Gasteiger partial charge in [-0.05, 0) is 30.3 Å². The maximum Gasteiger partial charge on any atom is 0.255 e. The second-order valence-electron chi connectivity index (χ2n) is 4.94. The molecule has 1 heterocycles. The lowest BCUT2D eigenvalue weighted by molar-refractivity contribution is 0.102. The molecule has 0 bridgehead atoms. The van der Waals surface area contributed by atoms with Gasteiger partial charge in [-0.3, -0.25) is 9.36 Å². The van der Waals surface area contributed by atoms with Gasteiger partial charge in [0.25, 0.3) is 5.91 Å². The SMILES string of the molecule is COc1ccc(NC(=O)c2cccc(-n3cnnc3)c2)c(OC)c1. The van der Waals surface area contributed by atoms with Crippen LogP contribution in [0.5, 0.6) is 11.5 Å². The number of anilines is 1. The summed E-state index contributed by atoms with van der Waals surface area (Å²) in [4.78, 5) is 12.5. The molecule has 3 aromatic rings. The summed E-state index contributed by atoms with van der Waals surface area (Å²) in [6, 6.07) is 12.4. The minimum atomic E-state index is -0.242. The molecular weight excluding hydrogens is 308 g/mol. The number of carbonyl (C=O) groups is 1. The van der Waals surface area contributed by atoms with E-state index in [1.807, 2.05) is 6.07 Å². The summed E-state index contributed by atoms with van der Waals surface area (Å²) >= 11 is 0. The van der Waals surface area contributed by atoms with Gasteiger partial charge in [-0.15, -0.1) is 10.2 Å². The van der Waals surface area contributed by atoms with Crippen LogP contribution in [-0.2, 0) is 0 Å². The predicted molar refractivity (Wildman–Crippen MR) is 88.9 cm³/mol. The van der Waals surface area contributed by atoms with Crippen LogP contribution in [0, 0.1) is 0 Å². The third kappa shape index (κ3) is 3.19. The molecule has 0 aliphatic rings. The third-order valence-corrected chi connectivity index (χ3v) is 3.48. The maximum atomic E-state index is 12.5. The largest absolute Gasteiger partial charge is 0.497 e. The van der Waals surface area contributed by atoms with Gasteiger partial charge in [0.2, 0.25) is 0 Å². The Morgan fingerprint density at radius 1 is 1.04 bits per heavy atom. The second kappa shape index (κ2) is 6.82. The van der Waals surface area contributed by atoms with Gasteiger partial charge in [0.15, 0.2) is 0 Å². The van der Waals surface area contributed by atoms with Crippen LogP contribution in [-0.4, -0.2) is 34.9 Å². The Labute approximate surface area is 138 Å². The van der Waals surface area contributed by atoms with Crippen LogP contribution in [0.3, 0.4) is 0 Å². The number of nitrogens with zero attached hydrogens (tertiary/aromatic N) is 3. The summed E-state index contributed by atoms with van der Waals surface area (Å²) in [5.41, 5.74) is 1.88. The van der Waals surface area contributed by atoms with Gasteiger partial charge in [0.05, 0.1) is 19.9 Å². The van der Waals surface area contributed by atoms with E-state index >= 15 is 0 Å². The van der Waals surface area contributed by atoms with E-state index in [9.17, 15) is 4.79 Å². The van der Waals surface area contributed by atoms with Crippen LogP contribution in [0.2, 0.25) is 0 Å². The standard InChI is InChI=1S/C17H16N4O3/c1-23-14-6-7-15(16(9-14)24-2)20-17(22)12-4-3-5-13(8-12)21-10-18-19-11-21/h3-11H,1-2H3,(H,20,22). The Morgan fingerprint density at radius 3 is 2.54 bits per heavy atom. The van der Waals surface area contributed by atoms with E-state index in [-0.39, 0.29) is 5.91 Å². The molecule has 1 aromatic heterocycles. The van der Waals surface area contributed by atoms with E-state index in [1.54, 1.807) is 60.7 Å². The molecule has 0 aliphatic carbocycles. The summed E-state index contributed by atoms with van der Waals surface area (Å²) in [6.45, 7) is 0. The van der Waals surface area contributed by atoms with Crippen molar-refractivity contribution in [3.63, 3.8) is 0 Å². The summed E-state index contributed by atoms with van der Waals surface area (Å²) in [5.74, 6) is 0.936. The quantitative estimate of drug-likeness (QED) is 0.780. The number of amides is 1. The second-order valence-corrected chi connectivity index (χ2v) is 4.94. The molecule has 1 amide bonds. The lowest BCUT2D eigenvalue weighted by Crippen LogP contribution is -2.13. The predicted octanol–water partition coefficient (Wildman–Crippen LogP) is 2.54. The average Bonchev–Trinajstić information content (AvgIpc) is 3.17. The molecule has 3 rings (SSSR count). The van der Waals surface area contributed by atoms with Crippen LogP contribution in [0.25, 0.3) is 5.69 Å². The summed E-state index contributed by atoms with van der Waals surface area (Å²) < 4.78 is 12.2. The zero-order chi connectivity index (χ0) is 16.9. The van der Waals surface area contributed by atoms with E-state index in [1.165, 1.54) is 7.11 Å². The molecule has 0 spiro atoms. The Morgan fingerprint density at radius 2 is 1.83 bits per heavy atom. The molecular formula is C17H16N4O3. The third-order valence-electron chi connectivity index (χ3n) is 3.48. The molecule has 0 atom stereocenters. The molecule has 0 fully saturated rings. The van der Waals surface area contributed by atoms with Crippen molar-refractivity contribution >= 4 is 11.6 Å². The molecule has 0 saturated carbocycles. The minimum Gasteiger partial charge on any atom is -0.497 e. The van der Waals surface area contributed by atoms with Crippen LogP contribution >= 0.6 is 0 Å². The molecule has 0 aliphatic heterocycles. The Hall–Kier alpha value is -3.35. The number of rotatable bonds is 5. The van der Waals surface area contributed by atoms with Gasteiger partial charge in [0.1, 0.15) is 24.2 Å². The first-order valence-corrected chi connectivity index (χ1v) is 7.19. The number of hydrogen-bond acceptors (Lipinski definition) is 5. The Bertz CT molecular complexity index is 847. The fourth-order valence-electron chi connectivity index (χ4n) is 2.24. The van der Waals surface area contributed by atoms with Crippen molar-refractivity contribution in [2.45, 2.75) is 0 Å². The average molecular weight is 324 g/mol. The van der Waals surface area contributed by atoms with E-state index in [0.29, 0.717) is 22.7 Å². The number of aromatic nitrogens is 3. The molecule has 7 nitrogen and oxygen atoms in total. The number of benzene rings is 2. The highest BCUT2D eigenvalue weighted by Crippen LogP contribution is 2.29. The molecule has 0 radical (unpaired) electrons. The number of ether oxygens (including phenoxy) is 2. The number of hydrogen-bond donors (Lipinski definition) is 1. The smallest absolute Gasteiger partial charge is 0.255 e. The van der Waals surface area contributed by atoms with Crippen LogP contribution in [0.4, 0.5) is 5.69 Å². The first-order valence-electron chi connectivity index (χ1n) is 7.19. The van der Waals surface area contributed by atoms with Crippen LogP contribution in [0.1, 0.15) is 10.4 Å². The van der Waals surface area contributed by atoms with E-state index < -0.39 is 0 Å². The molecule has 7 heteroatoms. The van der Waals surface area contributed by atoms with Crippen molar-refractivity contribution in [2.75, 3.05) is 19.5 Å². The number of methoxy groups -OCH3 is 2. The van der Waals surface area contributed by atoms with Gasteiger partial charge < -0.3 is 14.8 Å². The Balaban J connectivity index is 1.84. The molecule has 24 heavy (non-hydrogen) atoms. The minimum absolute atomic E-state index is 0.242. The highest BCUT2D eigenvalue weighted by molar-refractivity contribution is 6.05. The lowest BCUT2D eigenvalue weighted by atomic mass is 10.1. The van der Waals surface area contributed by atoms with Crippen molar-refractivity contribution in [3.8, 4) is 17.2 Å². The van der Waals surface area contributed by atoms with Crippen molar-refractivity contribution in [2.24, 2.45) is 0 Å². The first-order chi connectivity index (χ1) is 11.7. The first kappa shape index (κ1) is 15.5. The molecule has 122 valence electrons. The topological polar surface area (TPSA) is 78.3 Å². The van der Waals surface area contributed by atoms with Gasteiger partial charge in [-0.2, -0.15) is 0 Å². The van der Waals surface area contributed by atoms with Gasteiger partial charge in [-0.1, -0.05) is 6.07 Å². The molecule has 0 unspecified atom stereocenters. The van der Waals surface area contributed by atoms with Gasteiger partial charge >= 0.3 is 0 Å². The molecule has 0 saturated heterocycles. The molecule has 2 aromatic carbocycles. The Kier molecular flexibility index (Phi) is 4.42. The fourth-order valence-corrected chi connectivity index (χ4v) is 2.24. The van der Waals surface area contributed by atoms with Crippen molar-refractivity contribution in [1.82, 2.24) is 14.8 Å². The van der Waals surface area contributed by atoms with Crippen molar-refractivity contribution in [1.29, 1.82) is 0 Å². The van der Waals surface area contributed by atoms with Crippen molar-refractivity contribution < 1.29 is 14.3 Å². The van der Waals surface area contributed by atoms with Crippen molar-refractivity contribution in [3.05, 3.63) is 60.7 Å². The van der Waals surface area contributed by atoms with Crippen LogP contribution < -0.4 is 14.8 Å². The highest BCUT2D eigenvalue weighted by Gasteiger charge is 2.11. The van der Waals surface area contributed by atoms with Gasteiger partial charge in [0, 0.05) is 17.3 Å². The number of carbonyl (C=O) groups excluding carboxylic acids is 1. The number of nitrogens with one attached hydrogen (secondary N) is 1. The van der Waals surface area contributed by atoms with E-state index in [4.69, 9.17) is 9.47 Å². The zero-order valence-electron chi connectivity index (χ0n) is 13.3. The summed E-state index contributed by atoms with van der Waals surface area (Å²) in [6.07, 6.45) is 3.15. The zero-order valence-corrected chi connectivity index (χ0v) is 13.3. The monoisotopic (exact) mass is 324 g/mol. The maximum absolute atomic E-state index is 12.5. The fraction of sp³-hybridized carbons (Fsp3) is 0.118. The normalized spacial score (nSPS) is 10.2. The summed E-state index contributed by atoms with van der Waals surface area (Å²) in [7, 11) is 3.11. The highest BCUT2D eigenvalue weighted by atomic mass is 16.5. The lowest BCUT2D eigenvalue weighted by Gasteiger charge is -2.12.